The van der Waals surface area contributed by atoms with Gasteiger partial charge in [0.1, 0.15) is 0 Å². The molecule has 0 spiro atoms. The van der Waals surface area contributed by atoms with E-state index in [1.165, 1.54) is 0 Å². The van der Waals surface area contributed by atoms with Gasteiger partial charge in [-0.2, -0.15) is 0 Å². The van der Waals surface area contributed by atoms with Crippen molar-refractivity contribution in [3.63, 3.8) is 0 Å². The molecule has 0 aromatic heterocycles. The van der Waals surface area contributed by atoms with E-state index in [0.717, 1.165) is 0 Å². The first-order valence-electron chi connectivity index (χ1n) is 3.54. The van der Waals surface area contributed by atoms with Crippen molar-refractivity contribution in [1.82, 2.24) is 0 Å². The topological polar surface area (TPSA) is 27.7 Å². The Morgan fingerprint density at radius 3 is 1.15 bits per heavy atom. The zero-order valence-corrected chi connectivity index (χ0v) is 12.7. The van der Waals surface area contributed by atoms with Crippen LogP contribution in [0.2, 0.25) is 0 Å². The van der Waals surface area contributed by atoms with E-state index >= 15 is 0 Å². The van der Waals surface area contributed by atoms with Gasteiger partial charge in [-0.1, -0.05) is 0 Å². The summed E-state index contributed by atoms with van der Waals surface area (Å²) in [6, 6.07) is 0. The Hall–Kier alpha value is 1.76. The molecular weight excluding hydrogens is 290 g/mol. The van der Waals surface area contributed by atoms with E-state index in [1.54, 1.807) is 0 Å². The van der Waals surface area contributed by atoms with Crippen LogP contribution in [-0.2, 0) is 48.9 Å². The van der Waals surface area contributed by atoms with E-state index < -0.39 is 16.2 Å². The van der Waals surface area contributed by atoms with Crippen LogP contribution in [0.25, 0.3) is 0 Å². The van der Waals surface area contributed by atoms with Crippen LogP contribution < -0.4 is 0 Å². The van der Waals surface area contributed by atoms with Crippen LogP contribution in [0, 0.1) is 0 Å². The fourth-order valence-electron chi connectivity index (χ4n) is 0.428. The number of hydrogen-bond donors (Lipinski definition) is 0. The summed E-state index contributed by atoms with van der Waals surface area (Å²) in [5, 5.41) is 0. The van der Waals surface area contributed by atoms with Gasteiger partial charge >= 0.3 is 67.8 Å². The summed E-state index contributed by atoms with van der Waals surface area (Å²) in [7, 11) is 0. The van der Waals surface area contributed by atoms with Crippen molar-refractivity contribution < 1.29 is 48.9 Å². The quantitative estimate of drug-likeness (QED) is 0.705. The molecular formula is C6H17Cl2O3TiV. The fourth-order valence-corrected chi connectivity index (χ4v) is 1.76. The van der Waals surface area contributed by atoms with Gasteiger partial charge in [-0.3, -0.25) is 0 Å². The van der Waals surface area contributed by atoms with E-state index in [0.29, 0.717) is 19.8 Å². The maximum Gasteiger partial charge on any atom is 0 e. The van der Waals surface area contributed by atoms with Gasteiger partial charge in [0.25, 0.3) is 0 Å². The maximum absolute atomic E-state index is 5.22. The first-order valence-corrected chi connectivity index (χ1v) is 5.25. The maximum atomic E-state index is 5.22. The largest absolute Gasteiger partial charge is 0.147 e. The molecule has 0 N–H and O–H groups in total. The van der Waals surface area contributed by atoms with Gasteiger partial charge in [-0.15, -0.1) is 24.8 Å². The molecule has 0 bridgehead atoms. The van der Waals surface area contributed by atoms with Gasteiger partial charge in [0.15, 0.2) is 0 Å². The Morgan fingerprint density at radius 1 is 0.769 bits per heavy atom. The molecule has 0 aliphatic carbocycles. The predicted molar refractivity (Wildman–Crippen MR) is 49.4 cm³/mol. The first kappa shape index (κ1) is 24.1. The summed E-state index contributed by atoms with van der Waals surface area (Å²) < 4.78 is 15.7. The molecule has 0 amide bonds. The normalized spacial score (nSPS) is 8.31. The molecule has 0 fully saturated rings. The van der Waals surface area contributed by atoms with Crippen LogP contribution in [0.3, 0.4) is 0 Å². The van der Waals surface area contributed by atoms with Crippen molar-refractivity contribution in [2.75, 3.05) is 19.8 Å². The Morgan fingerprint density at radius 2 is 1.00 bits per heavy atom. The minimum atomic E-state index is -1.80. The second-order valence-electron chi connectivity index (χ2n) is 1.48. The fraction of sp³-hybridized carbons (Fsp3) is 1.00. The first-order chi connectivity index (χ1) is 4.85. The van der Waals surface area contributed by atoms with Crippen molar-refractivity contribution in [1.29, 1.82) is 0 Å². The number of halogens is 2. The van der Waals surface area contributed by atoms with Crippen molar-refractivity contribution in [3.05, 3.63) is 0 Å². The third kappa shape index (κ3) is 16.4. The Balaban J connectivity index is -0.000000135. The Labute approximate surface area is 114 Å². The smallest absolute Gasteiger partial charge is 0 e. The summed E-state index contributed by atoms with van der Waals surface area (Å²) in [6.07, 6.45) is 0. The summed E-state index contributed by atoms with van der Waals surface area (Å²) in [5.41, 5.74) is 0. The molecule has 0 unspecified atom stereocenters. The summed E-state index contributed by atoms with van der Waals surface area (Å²) >= 11 is -1.80. The van der Waals surface area contributed by atoms with Gasteiger partial charge in [0, 0.05) is 21.7 Å². The van der Waals surface area contributed by atoms with E-state index in [9.17, 15) is 0 Å². The Kier molecular flexibility index (Phi) is 35.9. The zero-order valence-electron chi connectivity index (χ0n) is 8.11. The van der Waals surface area contributed by atoms with Crippen molar-refractivity contribution in [3.8, 4) is 0 Å². The minimum absolute atomic E-state index is 0. The van der Waals surface area contributed by atoms with Gasteiger partial charge in [0.05, 0.1) is 0 Å². The molecule has 0 radical (unpaired) electrons. The van der Waals surface area contributed by atoms with E-state index in [2.05, 4.69) is 0 Å². The summed E-state index contributed by atoms with van der Waals surface area (Å²) in [5.74, 6) is 0. The van der Waals surface area contributed by atoms with Crippen LogP contribution in [0.15, 0.2) is 0 Å². The number of rotatable bonds is 6. The number of hydrogen-bond acceptors (Lipinski definition) is 3. The third-order valence-electron chi connectivity index (χ3n) is 0.704. The molecule has 0 saturated carbocycles. The van der Waals surface area contributed by atoms with Gasteiger partial charge in [0.2, 0.25) is 0 Å². The van der Waals surface area contributed by atoms with Crippen LogP contribution in [0.1, 0.15) is 20.8 Å². The van der Waals surface area contributed by atoms with Crippen LogP contribution >= 0.6 is 24.8 Å². The minimum Gasteiger partial charge on any atom is -0.147 e. The van der Waals surface area contributed by atoms with Crippen molar-refractivity contribution in [2.45, 2.75) is 20.8 Å². The van der Waals surface area contributed by atoms with Crippen molar-refractivity contribution in [2.24, 2.45) is 0 Å². The molecule has 0 heterocycles. The molecule has 0 atom stereocenters. The molecule has 3 nitrogen and oxygen atoms in total. The third-order valence-corrected chi connectivity index (χ3v) is 2.90. The molecule has 0 aliphatic heterocycles. The van der Waals surface area contributed by atoms with Gasteiger partial charge < -0.3 is 0 Å². The van der Waals surface area contributed by atoms with Gasteiger partial charge in [-0.05, 0) is 0 Å². The zero-order chi connectivity index (χ0) is 7.82. The molecule has 7 heteroatoms. The standard InChI is InChI=1S/3C2H5O.2ClH.Ti.V/c3*1-2-3;;;;/h3*2H2,1H3;2*1H;;/q3*-1;;;;+3. The predicted octanol–water partition coefficient (Wildman–Crippen LogP) is 2.30. The van der Waals surface area contributed by atoms with E-state index in [1.807, 2.05) is 20.8 Å². The average Bonchev–Trinajstić information content (AvgIpc) is 1.90. The molecule has 0 rings (SSSR count). The summed E-state index contributed by atoms with van der Waals surface area (Å²) in [4.78, 5) is 0. The van der Waals surface area contributed by atoms with Crippen molar-refractivity contribution >= 4 is 24.8 Å². The molecule has 0 saturated heterocycles. The molecule has 0 aromatic carbocycles. The van der Waals surface area contributed by atoms with Crippen LogP contribution in [-0.4, -0.2) is 19.8 Å². The average molecular weight is 307 g/mol. The monoisotopic (exact) mass is 306 g/mol. The summed E-state index contributed by atoms with van der Waals surface area (Å²) in [6.45, 7) is 7.87. The van der Waals surface area contributed by atoms with E-state index in [-0.39, 0.29) is 46.5 Å². The van der Waals surface area contributed by atoms with Crippen LogP contribution in [0.5, 0.6) is 0 Å². The molecule has 0 aromatic rings. The molecule has 0 aliphatic rings. The van der Waals surface area contributed by atoms with Crippen LogP contribution in [0.4, 0.5) is 0 Å². The van der Waals surface area contributed by atoms with E-state index in [4.69, 9.17) is 11.0 Å². The second kappa shape index (κ2) is 19.3. The SMILES string of the molecule is CC[O][V]([O]CC)[O]CC.Cl.Cl.[Ti]. The molecule has 13 heavy (non-hydrogen) atoms. The second-order valence-corrected chi connectivity index (χ2v) is 3.38. The van der Waals surface area contributed by atoms with Gasteiger partial charge in [-0.25, -0.2) is 0 Å². The molecule has 82 valence electrons. The Bertz CT molecular complexity index is 68.6.